The van der Waals surface area contributed by atoms with Gasteiger partial charge < -0.3 is 23.7 Å². The van der Waals surface area contributed by atoms with E-state index in [1.807, 2.05) is 79.7 Å². The van der Waals surface area contributed by atoms with Crippen LogP contribution in [-0.4, -0.2) is 29.3 Å². The zero-order valence-electron chi connectivity index (χ0n) is 23.2. The number of carboxylic acid groups (broad SMARTS) is 1. The van der Waals surface area contributed by atoms with E-state index in [0.29, 0.717) is 50.9 Å². The van der Waals surface area contributed by atoms with E-state index in [0.717, 1.165) is 52.3 Å². The highest BCUT2D eigenvalue weighted by molar-refractivity contribution is 5.67. The molecule has 4 aromatic rings. The van der Waals surface area contributed by atoms with Gasteiger partial charge in [0.2, 0.25) is 5.89 Å². The predicted octanol–water partition coefficient (Wildman–Crippen LogP) is 7.18. The average Bonchev–Trinajstić information content (AvgIpc) is 3.33. The molecule has 0 saturated heterocycles. The molecular formula is C33H37NO6. The first kappa shape index (κ1) is 28.9. The fourth-order valence-electron chi connectivity index (χ4n) is 4.24. The molecule has 7 heteroatoms. The molecule has 210 valence electrons. The van der Waals surface area contributed by atoms with Crippen LogP contribution >= 0.6 is 0 Å². The van der Waals surface area contributed by atoms with Gasteiger partial charge in [0.15, 0.2) is 0 Å². The number of hydrogen-bond acceptors (Lipinski definition) is 6. The first-order chi connectivity index (χ1) is 19.5. The van der Waals surface area contributed by atoms with Gasteiger partial charge in [0.1, 0.15) is 17.3 Å². The maximum absolute atomic E-state index is 11.1. The van der Waals surface area contributed by atoms with Gasteiger partial charge in [0, 0.05) is 18.4 Å². The minimum absolute atomic E-state index is 0.0638. The van der Waals surface area contributed by atoms with Crippen molar-refractivity contribution in [3.8, 4) is 23.0 Å². The lowest BCUT2D eigenvalue weighted by Crippen LogP contribution is -2.06. The van der Waals surface area contributed by atoms with Crippen molar-refractivity contribution >= 4 is 5.97 Å². The highest BCUT2D eigenvalue weighted by Crippen LogP contribution is 2.25. The number of oxazole rings is 1. The van der Waals surface area contributed by atoms with Gasteiger partial charge in [-0.05, 0) is 72.9 Å². The first-order valence-electron chi connectivity index (χ1n) is 13.8. The Balaban J connectivity index is 1.34. The molecule has 1 heterocycles. The molecule has 0 aliphatic heterocycles. The number of hydrogen-bond donors (Lipinski definition) is 1. The van der Waals surface area contributed by atoms with Gasteiger partial charge in [-0.1, -0.05) is 49.7 Å². The minimum Gasteiger partial charge on any atom is -0.494 e. The number of nitrogens with zero attached hydrogens (tertiary/aromatic N) is 1. The van der Waals surface area contributed by atoms with E-state index in [1.165, 1.54) is 0 Å². The number of aromatic nitrogens is 1. The second-order valence-corrected chi connectivity index (χ2v) is 9.65. The first-order valence-corrected chi connectivity index (χ1v) is 13.8. The van der Waals surface area contributed by atoms with Crippen LogP contribution < -0.4 is 9.47 Å². The van der Waals surface area contributed by atoms with Gasteiger partial charge in [-0.25, -0.2) is 4.98 Å². The van der Waals surface area contributed by atoms with Crippen LogP contribution in [0.4, 0.5) is 0 Å². The molecule has 0 fully saturated rings. The number of carboxylic acids is 1. The van der Waals surface area contributed by atoms with Crippen LogP contribution in [0.2, 0.25) is 0 Å². The third-order valence-electron chi connectivity index (χ3n) is 6.52. The fourth-order valence-corrected chi connectivity index (χ4v) is 4.24. The zero-order chi connectivity index (χ0) is 28.2. The molecule has 0 amide bonds. The summed E-state index contributed by atoms with van der Waals surface area (Å²) < 4.78 is 23.7. The Morgan fingerprint density at radius 1 is 0.875 bits per heavy atom. The lowest BCUT2D eigenvalue weighted by atomic mass is 10.0. The molecule has 0 radical (unpaired) electrons. The van der Waals surface area contributed by atoms with E-state index in [9.17, 15) is 4.79 Å². The summed E-state index contributed by atoms with van der Waals surface area (Å²) in [6.45, 7) is 6.04. The van der Waals surface area contributed by atoms with Crippen molar-refractivity contribution < 1.29 is 28.5 Å². The average molecular weight is 544 g/mol. The van der Waals surface area contributed by atoms with Gasteiger partial charge in [-0.3, -0.25) is 4.79 Å². The maximum Gasteiger partial charge on any atom is 0.303 e. The van der Waals surface area contributed by atoms with Crippen LogP contribution in [0.25, 0.3) is 11.5 Å². The lowest BCUT2D eigenvalue weighted by Gasteiger charge is -2.13. The van der Waals surface area contributed by atoms with Crippen molar-refractivity contribution in [2.45, 2.75) is 59.2 Å². The molecule has 0 atom stereocenters. The molecule has 3 aromatic carbocycles. The summed E-state index contributed by atoms with van der Waals surface area (Å²) in [6.07, 6.45) is 3.22. The van der Waals surface area contributed by atoms with Gasteiger partial charge in [-0.2, -0.15) is 0 Å². The number of benzene rings is 3. The molecule has 0 bridgehead atoms. The van der Waals surface area contributed by atoms with Crippen LogP contribution in [0.15, 0.2) is 77.2 Å². The van der Waals surface area contributed by atoms with E-state index >= 15 is 0 Å². The summed E-state index contributed by atoms with van der Waals surface area (Å²) in [7, 11) is 0. The van der Waals surface area contributed by atoms with Crippen molar-refractivity contribution in [3.63, 3.8) is 0 Å². The predicted molar refractivity (Wildman–Crippen MR) is 154 cm³/mol. The summed E-state index contributed by atoms with van der Waals surface area (Å²) in [4.78, 5) is 15.8. The van der Waals surface area contributed by atoms with Gasteiger partial charge in [-0.15, -0.1) is 0 Å². The van der Waals surface area contributed by atoms with E-state index in [4.69, 9.17) is 28.7 Å². The van der Waals surface area contributed by atoms with Crippen molar-refractivity contribution in [2.75, 3.05) is 13.2 Å². The molecule has 0 aliphatic carbocycles. The van der Waals surface area contributed by atoms with Crippen molar-refractivity contribution in [1.82, 2.24) is 4.98 Å². The number of rotatable bonds is 16. The normalized spacial score (nSPS) is 10.9. The van der Waals surface area contributed by atoms with Crippen molar-refractivity contribution in [3.05, 3.63) is 101 Å². The van der Waals surface area contributed by atoms with E-state index < -0.39 is 5.97 Å². The van der Waals surface area contributed by atoms with Crippen LogP contribution in [0.1, 0.15) is 54.3 Å². The molecule has 1 aromatic heterocycles. The molecular weight excluding hydrogens is 506 g/mol. The highest BCUT2D eigenvalue weighted by atomic mass is 16.5. The van der Waals surface area contributed by atoms with E-state index in [-0.39, 0.29) is 6.42 Å². The summed E-state index contributed by atoms with van der Waals surface area (Å²) >= 11 is 0. The third-order valence-corrected chi connectivity index (χ3v) is 6.52. The summed E-state index contributed by atoms with van der Waals surface area (Å²) in [5, 5.41) is 9.14. The second kappa shape index (κ2) is 14.9. The standard InChI is InChI=1S/C33H37NO6/c1-3-4-19-38-29-14-11-27(12-15-29)33-34-31(24(2)40-33)18-20-39-30-16-10-26(13-17-32(35)36)28(21-30)23-37-22-25-8-6-5-7-9-25/h5-12,14-16,21H,3-4,13,17-20,22-23H2,1-2H3,(H,35,36). The number of carbonyl (C=O) groups is 1. The molecule has 4 rings (SSSR count). The Morgan fingerprint density at radius 3 is 2.38 bits per heavy atom. The summed E-state index contributed by atoms with van der Waals surface area (Å²) in [5.41, 5.74) is 4.71. The topological polar surface area (TPSA) is 91.0 Å². The molecule has 7 nitrogen and oxygen atoms in total. The zero-order valence-corrected chi connectivity index (χ0v) is 23.2. The smallest absolute Gasteiger partial charge is 0.303 e. The number of unbranched alkanes of at least 4 members (excludes halogenated alkanes) is 1. The number of ether oxygens (including phenoxy) is 3. The molecule has 0 aliphatic rings. The second-order valence-electron chi connectivity index (χ2n) is 9.65. The van der Waals surface area contributed by atoms with Crippen LogP contribution in [0.3, 0.4) is 0 Å². The molecule has 40 heavy (non-hydrogen) atoms. The van der Waals surface area contributed by atoms with Crippen molar-refractivity contribution in [2.24, 2.45) is 0 Å². The van der Waals surface area contributed by atoms with Crippen LogP contribution in [0, 0.1) is 6.92 Å². The van der Waals surface area contributed by atoms with Crippen molar-refractivity contribution in [1.29, 1.82) is 0 Å². The monoisotopic (exact) mass is 543 g/mol. The number of aryl methyl sites for hydroxylation is 2. The maximum atomic E-state index is 11.1. The van der Waals surface area contributed by atoms with Crippen LogP contribution in [0.5, 0.6) is 11.5 Å². The third kappa shape index (κ3) is 8.71. The summed E-state index contributed by atoms with van der Waals surface area (Å²) in [6, 6.07) is 23.5. The Bertz CT molecular complexity index is 1350. The van der Waals surface area contributed by atoms with Crippen LogP contribution in [-0.2, 0) is 35.6 Å². The molecule has 0 saturated carbocycles. The van der Waals surface area contributed by atoms with E-state index in [2.05, 4.69) is 6.92 Å². The van der Waals surface area contributed by atoms with E-state index in [1.54, 1.807) is 0 Å². The fraction of sp³-hybridized carbons (Fsp3) is 0.333. The molecule has 0 spiro atoms. The minimum atomic E-state index is -0.824. The highest BCUT2D eigenvalue weighted by Gasteiger charge is 2.13. The Hall–Kier alpha value is -4.10. The van der Waals surface area contributed by atoms with Gasteiger partial charge in [0.25, 0.3) is 0 Å². The van der Waals surface area contributed by atoms with Gasteiger partial charge >= 0.3 is 5.97 Å². The quantitative estimate of drug-likeness (QED) is 0.150. The Kier molecular flexibility index (Phi) is 10.8. The SMILES string of the molecule is CCCCOc1ccc(-c2nc(CCOc3ccc(CCC(=O)O)c(COCc4ccccc4)c3)c(C)o2)cc1. The Morgan fingerprint density at radius 2 is 1.62 bits per heavy atom. The summed E-state index contributed by atoms with van der Waals surface area (Å²) in [5.74, 6) is 2.06. The lowest BCUT2D eigenvalue weighted by molar-refractivity contribution is -0.136. The molecule has 0 unspecified atom stereocenters. The molecule has 1 N–H and O–H groups in total. The number of aliphatic carboxylic acids is 1. The Labute approximate surface area is 235 Å². The van der Waals surface area contributed by atoms with Gasteiger partial charge in [0.05, 0.1) is 32.1 Å². The largest absolute Gasteiger partial charge is 0.494 e.